The van der Waals surface area contributed by atoms with Gasteiger partial charge in [0.25, 0.3) is 0 Å². The van der Waals surface area contributed by atoms with E-state index >= 15 is 0 Å². The summed E-state index contributed by atoms with van der Waals surface area (Å²) in [5, 5.41) is 2.77. The average Bonchev–Trinajstić information content (AvgIpc) is 2.97. The van der Waals surface area contributed by atoms with Gasteiger partial charge >= 0.3 is 6.03 Å². The molecule has 0 aliphatic carbocycles. The van der Waals surface area contributed by atoms with E-state index in [0.717, 1.165) is 13.0 Å². The predicted octanol–water partition coefficient (Wildman–Crippen LogP) is 1.66. The van der Waals surface area contributed by atoms with E-state index < -0.39 is 6.04 Å². The second-order valence-electron chi connectivity index (χ2n) is 5.75. The van der Waals surface area contributed by atoms with E-state index in [1.165, 1.54) is 10.5 Å². The fourth-order valence-corrected chi connectivity index (χ4v) is 2.67. The smallest absolute Gasteiger partial charge is 0.318 e. The Morgan fingerprint density at radius 3 is 2.57 bits per heavy atom. The van der Waals surface area contributed by atoms with Crippen molar-refractivity contribution in [2.45, 2.75) is 25.3 Å². The Hall–Kier alpha value is -2.04. The van der Waals surface area contributed by atoms with E-state index in [1.807, 2.05) is 18.2 Å². The number of likely N-dealkylation sites (tertiary alicyclic amines) is 1. The van der Waals surface area contributed by atoms with Crippen molar-refractivity contribution in [1.29, 1.82) is 0 Å². The highest BCUT2D eigenvalue weighted by Crippen LogP contribution is 2.26. The van der Waals surface area contributed by atoms with Crippen LogP contribution in [0, 0.1) is 0 Å². The molecule has 5 nitrogen and oxygen atoms in total. The van der Waals surface area contributed by atoms with Crippen molar-refractivity contribution in [3.8, 4) is 0 Å². The molecule has 2 unspecified atom stereocenters. The number of carbonyl (C=O) groups is 2. The van der Waals surface area contributed by atoms with Crippen molar-refractivity contribution in [1.82, 2.24) is 15.1 Å². The number of likely N-dealkylation sites (N-methyl/N-ethyl adjacent to an activating group) is 1. The number of hydrogen-bond donors (Lipinski definition) is 1. The van der Waals surface area contributed by atoms with Gasteiger partial charge in [0.05, 0.1) is 0 Å². The Bertz CT molecular complexity index is 502. The van der Waals surface area contributed by atoms with E-state index in [0.29, 0.717) is 12.5 Å². The van der Waals surface area contributed by atoms with E-state index in [4.69, 9.17) is 0 Å². The van der Waals surface area contributed by atoms with Crippen LogP contribution < -0.4 is 5.32 Å². The van der Waals surface area contributed by atoms with Crippen molar-refractivity contribution < 1.29 is 9.59 Å². The molecule has 1 fully saturated rings. The van der Waals surface area contributed by atoms with Gasteiger partial charge in [0, 0.05) is 33.1 Å². The van der Waals surface area contributed by atoms with Crippen LogP contribution in [0.2, 0.25) is 0 Å². The molecule has 0 saturated carbocycles. The lowest BCUT2D eigenvalue weighted by Crippen LogP contribution is -2.48. The van der Waals surface area contributed by atoms with Gasteiger partial charge in [-0.05, 0) is 18.9 Å². The molecular weight excluding hydrogens is 266 g/mol. The van der Waals surface area contributed by atoms with Crippen molar-refractivity contribution >= 4 is 11.9 Å². The van der Waals surface area contributed by atoms with Crippen LogP contribution in [0.15, 0.2) is 30.3 Å². The summed E-state index contributed by atoms with van der Waals surface area (Å²) in [4.78, 5) is 27.3. The molecule has 1 saturated heterocycles. The van der Waals surface area contributed by atoms with Crippen LogP contribution in [0.25, 0.3) is 0 Å². The van der Waals surface area contributed by atoms with E-state index in [2.05, 4.69) is 17.4 Å². The molecule has 1 aromatic rings. The summed E-state index contributed by atoms with van der Waals surface area (Å²) < 4.78 is 0. The Labute approximate surface area is 125 Å². The van der Waals surface area contributed by atoms with Gasteiger partial charge < -0.3 is 15.1 Å². The third-order valence-corrected chi connectivity index (χ3v) is 3.90. The van der Waals surface area contributed by atoms with Gasteiger partial charge in [0.15, 0.2) is 0 Å². The summed E-state index contributed by atoms with van der Waals surface area (Å²) in [7, 11) is 3.37. The summed E-state index contributed by atoms with van der Waals surface area (Å²) in [5.41, 5.74) is 1.27. The quantitative estimate of drug-likeness (QED) is 0.920. The van der Waals surface area contributed by atoms with Gasteiger partial charge in [-0.1, -0.05) is 30.3 Å². The zero-order valence-electron chi connectivity index (χ0n) is 12.9. The van der Waals surface area contributed by atoms with Gasteiger partial charge in [-0.15, -0.1) is 0 Å². The number of benzene rings is 1. The van der Waals surface area contributed by atoms with E-state index in [9.17, 15) is 9.59 Å². The van der Waals surface area contributed by atoms with E-state index in [-0.39, 0.29) is 11.9 Å². The average molecular weight is 289 g/mol. The maximum Gasteiger partial charge on any atom is 0.318 e. The Morgan fingerprint density at radius 1 is 1.29 bits per heavy atom. The molecule has 114 valence electrons. The van der Waals surface area contributed by atoms with Crippen molar-refractivity contribution in [2.24, 2.45) is 0 Å². The maximum atomic E-state index is 12.2. The van der Waals surface area contributed by atoms with Crippen LogP contribution >= 0.6 is 0 Å². The van der Waals surface area contributed by atoms with Crippen LogP contribution in [0.5, 0.6) is 0 Å². The largest absolute Gasteiger partial charge is 0.347 e. The molecule has 0 aromatic heterocycles. The van der Waals surface area contributed by atoms with Crippen molar-refractivity contribution in [3.05, 3.63) is 35.9 Å². The third-order valence-electron chi connectivity index (χ3n) is 3.90. The number of nitrogens with zero attached hydrogens (tertiary/aromatic N) is 2. The normalized spacial score (nSPS) is 19.2. The summed E-state index contributed by atoms with van der Waals surface area (Å²) in [5.74, 6) is 0.291. The lowest BCUT2D eigenvalue weighted by molar-refractivity contribution is -0.130. The summed E-state index contributed by atoms with van der Waals surface area (Å²) in [6, 6.07) is 9.59. The molecule has 0 bridgehead atoms. The molecule has 0 spiro atoms. The van der Waals surface area contributed by atoms with Crippen LogP contribution in [-0.2, 0) is 4.79 Å². The second kappa shape index (κ2) is 6.61. The summed E-state index contributed by atoms with van der Waals surface area (Å²) >= 11 is 0. The summed E-state index contributed by atoms with van der Waals surface area (Å²) in [6.07, 6.45) is 0.966. The lowest BCUT2D eigenvalue weighted by Gasteiger charge is -2.22. The summed E-state index contributed by atoms with van der Waals surface area (Å²) in [6.45, 7) is 3.15. The maximum absolute atomic E-state index is 12.2. The molecule has 1 heterocycles. The first-order chi connectivity index (χ1) is 9.99. The lowest BCUT2D eigenvalue weighted by atomic mass is 9.99. The number of hydrogen-bond acceptors (Lipinski definition) is 2. The minimum absolute atomic E-state index is 0.0952. The second-order valence-corrected chi connectivity index (χ2v) is 5.75. The van der Waals surface area contributed by atoms with Gasteiger partial charge in [-0.3, -0.25) is 4.79 Å². The fraction of sp³-hybridized carbons (Fsp3) is 0.500. The molecule has 1 aromatic carbocycles. The highest BCUT2D eigenvalue weighted by molar-refractivity contribution is 5.86. The molecule has 1 N–H and O–H groups in total. The molecule has 2 rings (SSSR count). The van der Waals surface area contributed by atoms with Gasteiger partial charge in [-0.25, -0.2) is 4.79 Å². The topological polar surface area (TPSA) is 52.7 Å². The number of nitrogens with one attached hydrogen (secondary N) is 1. The Morgan fingerprint density at radius 2 is 1.95 bits per heavy atom. The molecule has 1 aliphatic rings. The number of urea groups is 1. The zero-order valence-corrected chi connectivity index (χ0v) is 12.9. The number of amides is 3. The van der Waals surface area contributed by atoms with E-state index in [1.54, 1.807) is 25.9 Å². The van der Waals surface area contributed by atoms with Crippen molar-refractivity contribution in [2.75, 3.05) is 27.2 Å². The van der Waals surface area contributed by atoms with Crippen LogP contribution in [0.4, 0.5) is 4.79 Å². The SMILES string of the molecule is CC(NC(=O)N1CCC(c2ccccc2)C1)C(=O)N(C)C. The van der Waals surface area contributed by atoms with Crippen LogP contribution in [-0.4, -0.2) is 55.0 Å². The molecule has 2 atom stereocenters. The first-order valence-corrected chi connectivity index (χ1v) is 7.30. The molecule has 21 heavy (non-hydrogen) atoms. The number of carbonyl (C=O) groups excluding carboxylic acids is 2. The minimum atomic E-state index is -0.497. The molecule has 3 amide bonds. The molecule has 1 aliphatic heterocycles. The van der Waals surface area contributed by atoms with Crippen LogP contribution in [0.1, 0.15) is 24.8 Å². The minimum Gasteiger partial charge on any atom is -0.347 e. The zero-order chi connectivity index (χ0) is 15.4. The fourth-order valence-electron chi connectivity index (χ4n) is 2.67. The molecular formula is C16H23N3O2. The van der Waals surface area contributed by atoms with Gasteiger partial charge in [0.2, 0.25) is 5.91 Å². The highest BCUT2D eigenvalue weighted by atomic mass is 16.2. The predicted molar refractivity (Wildman–Crippen MR) is 82.1 cm³/mol. The Kier molecular flexibility index (Phi) is 4.83. The van der Waals surface area contributed by atoms with Crippen molar-refractivity contribution in [3.63, 3.8) is 0 Å². The highest BCUT2D eigenvalue weighted by Gasteiger charge is 2.28. The first kappa shape index (κ1) is 15.4. The third kappa shape index (κ3) is 3.74. The van der Waals surface area contributed by atoms with Gasteiger partial charge in [0.1, 0.15) is 6.04 Å². The van der Waals surface area contributed by atoms with Crippen LogP contribution in [0.3, 0.4) is 0 Å². The first-order valence-electron chi connectivity index (χ1n) is 7.30. The number of rotatable bonds is 3. The Balaban J connectivity index is 1.89. The molecule has 0 radical (unpaired) electrons. The standard InChI is InChI=1S/C16H23N3O2/c1-12(15(20)18(2)3)17-16(21)19-10-9-14(11-19)13-7-5-4-6-8-13/h4-8,12,14H,9-11H2,1-3H3,(H,17,21). The molecule has 5 heteroatoms. The monoisotopic (exact) mass is 289 g/mol. The van der Waals surface area contributed by atoms with Gasteiger partial charge in [-0.2, -0.15) is 0 Å².